The average molecular weight is 306 g/mol. The lowest BCUT2D eigenvalue weighted by Crippen LogP contribution is -2.43. The minimum Gasteiger partial charge on any atom is -0.396 e. The highest BCUT2D eigenvalue weighted by molar-refractivity contribution is 5.77. The van der Waals surface area contributed by atoms with Gasteiger partial charge in [-0.2, -0.15) is 0 Å². The summed E-state index contributed by atoms with van der Waals surface area (Å²) in [4.78, 5) is 14.0. The molecule has 1 aliphatic rings. The third kappa shape index (κ3) is 5.09. The largest absolute Gasteiger partial charge is 0.396 e. The molecule has 0 aliphatic carbocycles. The van der Waals surface area contributed by atoms with Crippen molar-refractivity contribution in [3.05, 3.63) is 35.9 Å². The zero-order chi connectivity index (χ0) is 15.8. The van der Waals surface area contributed by atoms with Gasteiger partial charge in [0.1, 0.15) is 6.61 Å². The van der Waals surface area contributed by atoms with Crippen LogP contribution in [0.4, 0.5) is 0 Å². The van der Waals surface area contributed by atoms with Crippen LogP contribution in [-0.2, 0) is 16.0 Å². The normalized spacial score (nSPS) is 21.9. The molecule has 2 rings (SSSR count). The summed E-state index contributed by atoms with van der Waals surface area (Å²) in [5.41, 5.74) is 1.35. The Labute approximate surface area is 132 Å². The van der Waals surface area contributed by atoms with Crippen LogP contribution in [0.1, 0.15) is 12.0 Å². The number of hydrogen-bond acceptors (Lipinski definition) is 4. The molecule has 1 aromatic rings. The molecule has 1 heterocycles. The molecule has 5 nitrogen and oxygen atoms in total. The van der Waals surface area contributed by atoms with Crippen molar-refractivity contribution in [3.8, 4) is 0 Å². The van der Waals surface area contributed by atoms with Gasteiger partial charge in [0.15, 0.2) is 0 Å². The molecule has 0 spiro atoms. The zero-order valence-corrected chi connectivity index (χ0v) is 13.2. The van der Waals surface area contributed by atoms with Gasteiger partial charge in [0.2, 0.25) is 5.91 Å². The number of carbonyl (C=O) groups excluding carboxylic acids is 1. The van der Waals surface area contributed by atoms with Crippen molar-refractivity contribution >= 4 is 5.91 Å². The number of rotatable bonds is 8. The minimum atomic E-state index is -0.114. The van der Waals surface area contributed by atoms with Gasteiger partial charge in [-0.05, 0) is 24.9 Å². The monoisotopic (exact) mass is 306 g/mol. The topological polar surface area (TPSA) is 61.8 Å². The van der Waals surface area contributed by atoms with E-state index in [4.69, 9.17) is 4.74 Å². The molecule has 1 aliphatic heterocycles. The van der Waals surface area contributed by atoms with Crippen LogP contribution in [0.15, 0.2) is 30.3 Å². The average Bonchev–Trinajstić information content (AvgIpc) is 2.90. The number of carbonyl (C=O) groups is 1. The zero-order valence-electron chi connectivity index (χ0n) is 13.2. The number of nitrogens with one attached hydrogen (secondary N) is 1. The van der Waals surface area contributed by atoms with Crippen LogP contribution >= 0.6 is 0 Å². The van der Waals surface area contributed by atoms with Gasteiger partial charge in [-0.3, -0.25) is 4.79 Å². The fourth-order valence-corrected chi connectivity index (χ4v) is 3.02. The van der Waals surface area contributed by atoms with Gasteiger partial charge >= 0.3 is 0 Å². The summed E-state index contributed by atoms with van der Waals surface area (Å²) < 4.78 is 4.84. The van der Waals surface area contributed by atoms with Crippen molar-refractivity contribution in [2.75, 3.05) is 40.0 Å². The van der Waals surface area contributed by atoms with E-state index in [-0.39, 0.29) is 31.1 Å². The SMILES string of the molecule is COCC(=O)N[C@@H]1CN(CCCc2ccccc2)C[C@H]1CO. The Morgan fingerprint density at radius 1 is 1.36 bits per heavy atom. The predicted octanol–water partition coefficient (Wildman–Crippen LogP) is 0.674. The lowest BCUT2D eigenvalue weighted by molar-refractivity contribution is -0.125. The van der Waals surface area contributed by atoms with Gasteiger partial charge < -0.3 is 20.1 Å². The molecule has 1 amide bonds. The maximum atomic E-state index is 11.6. The first-order valence-electron chi connectivity index (χ1n) is 7.88. The summed E-state index contributed by atoms with van der Waals surface area (Å²) >= 11 is 0. The van der Waals surface area contributed by atoms with E-state index in [0.29, 0.717) is 0 Å². The number of nitrogens with zero attached hydrogens (tertiary/aromatic N) is 1. The maximum absolute atomic E-state index is 11.6. The van der Waals surface area contributed by atoms with Gasteiger partial charge in [0, 0.05) is 38.8 Å². The number of aliphatic hydroxyl groups excluding tert-OH is 1. The fraction of sp³-hybridized carbons (Fsp3) is 0.588. The maximum Gasteiger partial charge on any atom is 0.246 e. The fourth-order valence-electron chi connectivity index (χ4n) is 3.02. The molecule has 2 N–H and O–H groups in total. The molecule has 122 valence electrons. The molecule has 2 atom stereocenters. The Hall–Kier alpha value is -1.43. The molecule has 0 aromatic heterocycles. The van der Waals surface area contributed by atoms with E-state index in [2.05, 4.69) is 34.5 Å². The number of hydrogen-bond donors (Lipinski definition) is 2. The van der Waals surface area contributed by atoms with Crippen LogP contribution in [0.5, 0.6) is 0 Å². The quantitative estimate of drug-likeness (QED) is 0.741. The molecule has 1 saturated heterocycles. The van der Waals surface area contributed by atoms with Crippen LogP contribution in [0.2, 0.25) is 0 Å². The highest BCUT2D eigenvalue weighted by atomic mass is 16.5. The van der Waals surface area contributed by atoms with E-state index < -0.39 is 0 Å². The number of benzene rings is 1. The predicted molar refractivity (Wildman–Crippen MR) is 85.6 cm³/mol. The molecule has 1 aromatic carbocycles. The van der Waals surface area contributed by atoms with E-state index >= 15 is 0 Å². The molecule has 0 bridgehead atoms. The number of methoxy groups -OCH3 is 1. The van der Waals surface area contributed by atoms with Crippen molar-refractivity contribution in [1.29, 1.82) is 0 Å². The van der Waals surface area contributed by atoms with Crippen molar-refractivity contribution in [2.24, 2.45) is 5.92 Å². The standard InChI is InChI=1S/C17H26N2O3/c1-22-13-17(21)18-16-11-19(10-15(16)12-20)9-5-8-14-6-3-2-4-7-14/h2-4,6-7,15-16,20H,5,8-13H2,1H3,(H,18,21)/t15-,16+/m0/s1. The first-order valence-corrected chi connectivity index (χ1v) is 7.88. The van der Waals surface area contributed by atoms with E-state index in [1.54, 1.807) is 0 Å². The first kappa shape index (κ1) is 16.9. The van der Waals surface area contributed by atoms with Crippen molar-refractivity contribution in [2.45, 2.75) is 18.9 Å². The highest BCUT2D eigenvalue weighted by Gasteiger charge is 2.32. The van der Waals surface area contributed by atoms with Crippen LogP contribution in [-0.4, -0.2) is 61.9 Å². The Morgan fingerprint density at radius 3 is 2.82 bits per heavy atom. The van der Waals surface area contributed by atoms with Crippen LogP contribution < -0.4 is 5.32 Å². The molecule has 22 heavy (non-hydrogen) atoms. The number of likely N-dealkylation sites (tertiary alicyclic amines) is 1. The Bertz CT molecular complexity index is 452. The number of aliphatic hydroxyl groups is 1. The van der Waals surface area contributed by atoms with Gasteiger partial charge in [0.05, 0.1) is 0 Å². The molecule has 0 unspecified atom stereocenters. The van der Waals surface area contributed by atoms with E-state index in [9.17, 15) is 9.90 Å². The van der Waals surface area contributed by atoms with Crippen LogP contribution in [0.3, 0.4) is 0 Å². The third-order valence-electron chi connectivity index (χ3n) is 4.16. The second-order valence-corrected chi connectivity index (χ2v) is 5.90. The van der Waals surface area contributed by atoms with E-state index in [0.717, 1.165) is 32.5 Å². The molecule has 1 fully saturated rings. The van der Waals surface area contributed by atoms with Crippen molar-refractivity contribution < 1.29 is 14.6 Å². The van der Waals surface area contributed by atoms with Gasteiger partial charge in [-0.1, -0.05) is 30.3 Å². The Morgan fingerprint density at radius 2 is 2.14 bits per heavy atom. The van der Waals surface area contributed by atoms with Crippen LogP contribution in [0.25, 0.3) is 0 Å². The Balaban J connectivity index is 1.75. The summed E-state index contributed by atoms with van der Waals surface area (Å²) in [5, 5.41) is 12.4. The number of amides is 1. The van der Waals surface area contributed by atoms with Crippen molar-refractivity contribution in [3.63, 3.8) is 0 Å². The summed E-state index contributed by atoms with van der Waals surface area (Å²) in [6.07, 6.45) is 2.14. The number of ether oxygens (including phenoxy) is 1. The van der Waals surface area contributed by atoms with Crippen molar-refractivity contribution in [1.82, 2.24) is 10.2 Å². The van der Waals surface area contributed by atoms with Gasteiger partial charge in [-0.15, -0.1) is 0 Å². The number of aryl methyl sites for hydroxylation is 1. The van der Waals surface area contributed by atoms with Gasteiger partial charge in [0.25, 0.3) is 0 Å². The smallest absolute Gasteiger partial charge is 0.246 e. The highest BCUT2D eigenvalue weighted by Crippen LogP contribution is 2.17. The second-order valence-electron chi connectivity index (χ2n) is 5.90. The summed E-state index contributed by atoms with van der Waals surface area (Å²) in [7, 11) is 1.51. The molecular weight excluding hydrogens is 280 g/mol. The summed E-state index contributed by atoms with van der Waals surface area (Å²) in [6.45, 7) is 2.80. The van der Waals surface area contributed by atoms with E-state index in [1.807, 2.05) is 6.07 Å². The first-order chi connectivity index (χ1) is 10.7. The molecule has 0 saturated carbocycles. The van der Waals surface area contributed by atoms with Gasteiger partial charge in [-0.25, -0.2) is 0 Å². The molecule has 0 radical (unpaired) electrons. The molecular formula is C17H26N2O3. The summed E-state index contributed by atoms with van der Waals surface area (Å²) in [6, 6.07) is 10.5. The second kappa shape index (κ2) is 8.88. The Kier molecular flexibility index (Phi) is 6.83. The third-order valence-corrected chi connectivity index (χ3v) is 4.16. The summed E-state index contributed by atoms with van der Waals surface area (Å²) in [5.74, 6) is -0.00498. The molecule has 5 heteroatoms. The lowest BCUT2D eigenvalue weighted by Gasteiger charge is -2.17. The van der Waals surface area contributed by atoms with Crippen LogP contribution in [0, 0.1) is 5.92 Å². The minimum absolute atomic E-state index is 0.0179. The van der Waals surface area contributed by atoms with E-state index in [1.165, 1.54) is 12.7 Å². The lowest BCUT2D eigenvalue weighted by atomic mass is 10.1.